The fourth-order valence-electron chi connectivity index (χ4n) is 1.52. The Morgan fingerprint density at radius 1 is 1.38 bits per heavy atom. The van der Waals surface area contributed by atoms with Gasteiger partial charge in [-0.3, -0.25) is 5.73 Å². The molecule has 102 valence electrons. The number of nitrogens with two attached hydrogens (primary N) is 1. The van der Waals surface area contributed by atoms with E-state index in [1.807, 2.05) is 0 Å². The third-order valence-electron chi connectivity index (χ3n) is 2.51. The number of imidazole rings is 1. The van der Waals surface area contributed by atoms with E-state index in [2.05, 4.69) is 19.9 Å². The van der Waals surface area contributed by atoms with Crippen molar-refractivity contribution < 1.29 is 36.0 Å². The second-order valence-corrected chi connectivity index (χ2v) is 7.62. The monoisotopic (exact) mass is 492 g/mol. The number of hydrogen-bond acceptors (Lipinski definition) is 5. The maximum atomic E-state index is 10.1. The molecule has 0 saturated heterocycles. The van der Waals surface area contributed by atoms with Gasteiger partial charge in [0.15, 0.2) is 4.64 Å². The molecule has 0 unspecified atom stereocenters. The number of H-pyrrole nitrogens is 3. The molecular weight excluding hydrogens is 481 g/mol. The summed E-state index contributed by atoms with van der Waals surface area (Å²) in [5.41, 5.74) is 7.07. The van der Waals surface area contributed by atoms with Crippen LogP contribution >= 0.6 is 12.2 Å². The fraction of sp³-hybridized carbons (Fsp3) is 0. The van der Waals surface area contributed by atoms with Crippen LogP contribution in [-0.4, -0.2) is 19.9 Å². The van der Waals surface area contributed by atoms with Crippen molar-refractivity contribution in [3.63, 3.8) is 0 Å². The van der Waals surface area contributed by atoms with E-state index < -0.39 is 0 Å². The van der Waals surface area contributed by atoms with Crippen LogP contribution in [0.25, 0.3) is 11.2 Å². The summed E-state index contributed by atoms with van der Waals surface area (Å²) in [6.45, 7) is 0. The van der Waals surface area contributed by atoms with Gasteiger partial charge in [-0.15, -0.1) is 0 Å². The van der Waals surface area contributed by atoms with Crippen LogP contribution in [0.1, 0.15) is 0 Å². The van der Waals surface area contributed by atoms with Crippen LogP contribution in [0.5, 0.6) is 0 Å². The van der Waals surface area contributed by atoms with E-state index in [1.54, 1.807) is 30.6 Å². The van der Waals surface area contributed by atoms with Crippen molar-refractivity contribution in [2.75, 3.05) is 5.73 Å². The number of nitrogen functional groups attached to an aromatic ring is 1. The predicted molar refractivity (Wildman–Crippen MR) is 75.0 cm³/mol. The topological polar surface area (TPSA) is 128 Å². The van der Waals surface area contributed by atoms with E-state index in [1.165, 1.54) is 3.07 Å². The number of anilines is 1. The molecule has 0 radical (unpaired) electrons. The van der Waals surface area contributed by atoms with E-state index in [4.69, 9.17) is 18.0 Å². The summed E-state index contributed by atoms with van der Waals surface area (Å²) < 4.78 is 1.79. The minimum atomic E-state index is -0.382. The molecule has 0 saturated carbocycles. The molecule has 0 fully saturated rings. The van der Waals surface area contributed by atoms with Gasteiger partial charge < -0.3 is 4.98 Å². The third kappa shape index (κ3) is 4.05. The van der Waals surface area contributed by atoms with Gasteiger partial charge in [-0.1, -0.05) is 0 Å². The molecule has 1 aromatic carbocycles. The molecule has 5 N–H and O–H groups in total. The molecule has 0 amide bonds. The van der Waals surface area contributed by atoms with Crippen LogP contribution in [0.4, 0.5) is 11.6 Å². The summed E-state index contributed by atoms with van der Waals surface area (Å²) in [7, 11) is 0. The quantitative estimate of drug-likeness (QED) is 0.201. The zero-order chi connectivity index (χ0) is 15.4. The minimum absolute atomic E-state index is 0.175. The summed E-state index contributed by atoms with van der Waals surface area (Å²) in [6.07, 6.45) is 1.56. The molecule has 3 rings (SSSR count). The van der Waals surface area contributed by atoms with Gasteiger partial charge in [-0.2, -0.15) is 0 Å². The Morgan fingerprint density at radius 3 is 2.67 bits per heavy atom. The first-order valence-electron chi connectivity index (χ1n) is 5.78. The van der Waals surface area contributed by atoms with Crippen molar-refractivity contribution in [1.29, 1.82) is 0 Å². The van der Waals surface area contributed by atoms with Gasteiger partial charge in [0.05, 0.1) is 6.33 Å². The van der Waals surface area contributed by atoms with Gasteiger partial charge in [0.1, 0.15) is 5.52 Å². The van der Waals surface area contributed by atoms with Crippen LogP contribution in [0, 0.1) is 14.8 Å². The van der Waals surface area contributed by atoms with Crippen molar-refractivity contribution in [3.05, 3.63) is 45.3 Å². The molecule has 3 aromatic rings. The van der Waals surface area contributed by atoms with Gasteiger partial charge in [-0.05, 0) is 12.2 Å². The normalized spacial score (nSPS) is 10.0. The number of nitrogens with one attached hydrogen (secondary N) is 3. The van der Waals surface area contributed by atoms with E-state index in [9.17, 15) is 10.1 Å². The molecule has 10 heteroatoms. The first-order valence-corrected chi connectivity index (χ1v) is 8.93. The summed E-state index contributed by atoms with van der Waals surface area (Å²) in [5, 5.41) is 10.1. The van der Waals surface area contributed by atoms with Gasteiger partial charge in [-0.25, -0.2) is 15.0 Å². The zero-order valence-corrected chi connectivity index (χ0v) is 17.1. The molecule has 0 aliphatic rings. The van der Waals surface area contributed by atoms with Crippen molar-refractivity contribution in [1.82, 2.24) is 15.0 Å². The second-order valence-electron chi connectivity index (χ2n) is 4.04. The van der Waals surface area contributed by atoms with E-state index in [0.717, 1.165) is 5.52 Å². The molecule has 0 atom stereocenters. The number of non-ortho nitro benzene ring substituents is 1. The van der Waals surface area contributed by atoms with Crippen molar-refractivity contribution in [3.8, 4) is 0 Å². The van der Waals surface area contributed by atoms with Gasteiger partial charge in [0, 0.05) is 0 Å². The average molecular weight is 491 g/mol. The van der Waals surface area contributed by atoms with Gasteiger partial charge >= 0.3 is 80.1 Å². The van der Waals surface area contributed by atoms with Crippen LogP contribution in [0.15, 0.2) is 30.6 Å². The maximum absolute atomic E-state index is 10.1. The molecule has 21 heavy (non-hydrogen) atoms. The van der Waals surface area contributed by atoms with Crippen LogP contribution in [0.2, 0.25) is 0 Å². The molecular formula is C11H10HgN6O2S+2. The predicted octanol–water partition coefficient (Wildman–Crippen LogP) is 0.784. The number of fused-ring (bicyclic) bond motifs is 1. The SMILES string of the molecule is Nc1[nH]c2nc[nH]c2c(=S)[nH+]1.O=[N+]([O-])c1cc[c]([Hg+])cc1. The Bertz CT molecular complexity index is 829. The Labute approximate surface area is 139 Å². The van der Waals surface area contributed by atoms with Gasteiger partial charge in [0.2, 0.25) is 5.65 Å². The molecule has 0 spiro atoms. The van der Waals surface area contributed by atoms with Crippen LogP contribution < -0.4 is 13.8 Å². The number of nitrogens with zero attached hydrogens (tertiary/aromatic N) is 2. The van der Waals surface area contributed by atoms with E-state index in [0.29, 0.717) is 42.4 Å². The Kier molecular flexibility index (Phi) is 4.96. The van der Waals surface area contributed by atoms with E-state index >= 15 is 0 Å². The van der Waals surface area contributed by atoms with Crippen molar-refractivity contribution in [2.45, 2.75) is 0 Å². The number of aromatic amines is 3. The van der Waals surface area contributed by atoms with Crippen LogP contribution in [0.3, 0.4) is 0 Å². The zero-order valence-electron chi connectivity index (χ0n) is 10.8. The molecule has 8 nitrogen and oxygen atoms in total. The molecule has 0 aliphatic heterocycles. The first kappa shape index (κ1) is 15.5. The van der Waals surface area contributed by atoms with E-state index in [-0.39, 0.29) is 10.6 Å². The fourth-order valence-corrected chi connectivity index (χ4v) is 2.71. The molecule has 0 bridgehead atoms. The van der Waals surface area contributed by atoms with Gasteiger partial charge in [0.25, 0.3) is 0 Å². The number of hydrogen-bond donors (Lipinski definition) is 3. The number of nitro benzene ring substituents is 1. The Hall–Kier alpha value is -1.87. The second kappa shape index (κ2) is 6.72. The molecule has 2 aromatic heterocycles. The van der Waals surface area contributed by atoms with Crippen LogP contribution in [-0.2, 0) is 26.1 Å². The number of nitro groups is 1. The van der Waals surface area contributed by atoms with Crippen molar-refractivity contribution in [2.24, 2.45) is 0 Å². The third-order valence-corrected chi connectivity index (χ3v) is 4.65. The molecule has 2 heterocycles. The Balaban J connectivity index is 0.000000155. The van der Waals surface area contributed by atoms with Crippen molar-refractivity contribution >= 4 is 38.1 Å². The summed E-state index contributed by atoms with van der Waals surface area (Å²) in [4.78, 5) is 22.2. The summed E-state index contributed by atoms with van der Waals surface area (Å²) in [5.74, 6) is 0.412. The average Bonchev–Trinajstić information content (AvgIpc) is 2.88. The standard InChI is InChI=1S/C6H4NO2.C5H5N5S.Hg/c8-7(9)6-4-2-1-3-5-6;6-5-9-3-2(4(11)10-5)7-1-8-3;/h2-5H;1H,(H4,6,7,8,9,10,11);/q;;+1/p+1. The summed E-state index contributed by atoms with van der Waals surface area (Å²) in [6, 6.07) is 6.70. The Morgan fingerprint density at radius 2 is 2.05 bits per heavy atom. The molecule has 0 aliphatic carbocycles. The number of aromatic nitrogens is 4. The first-order chi connectivity index (χ1) is 9.97. The number of benzene rings is 1. The number of rotatable bonds is 1. The summed E-state index contributed by atoms with van der Waals surface area (Å²) >= 11 is 5.53.